The monoisotopic (exact) mass is 260 g/mol. The molecule has 0 amide bonds. The van der Waals surface area contributed by atoms with Gasteiger partial charge >= 0.3 is 5.97 Å². The van der Waals surface area contributed by atoms with Gasteiger partial charge in [-0.2, -0.15) is 0 Å². The van der Waals surface area contributed by atoms with Crippen LogP contribution in [0.1, 0.15) is 42.8 Å². The van der Waals surface area contributed by atoms with Crippen LogP contribution in [0, 0.1) is 6.92 Å². The van der Waals surface area contributed by atoms with Crippen molar-refractivity contribution < 1.29 is 18.7 Å². The highest BCUT2D eigenvalue weighted by molar-refractivity contribution is 5.87. The Morgan fingerprint density at radius 1 is 1.37 bits per heavy atom. The van der Waals surface area contributed by atoms with Crippen LogP contribution >= 0.6 is 0 Å². The molecule has 4 rings (SSSR count). The Morgan fingerprint density at radius 2 is 2.21 bits per heavy atom. The minimum absolute atomic E-state index is 0.123. The van der Waals surface area contributed by atoms with Crippen molar-refractivity contribution >= 4 is 5.97 Å². The van der Waals surface area contributed by atoms with Crippen molar-refractivity contribution in [2.75, 3.05) is 0 Å². The molecule has 4 heteroatoms. The number of carbonyl (C=O) groups excluding carboxylic acids is 1. The van der Waals surface area contributed by atoms with Crippen LogP contribution in [0.3, 0.4) is 0 Å². The fourth-order valence-corrected chi connectivity index (χ4v) is 3.34. The number of aryl methyl sites for hydroxylation is 1. The van der Waals surface area contributed by atoms with E-state index >= 15 is 0 Å². The molecule has 4 nitrogen and oxygen atoms in total. The van der Waals surface area contributed by atoms with Crippen LogP contribution in [-0.2, 0) is 20.7 Å². The highest BCUT2D eigenvalue weighted by atomic mass is 16.7. The fraction of sp³-hybridized carbons (Fsp3) is 0.533. The van der Waals surface area contributed by atoms with E-state index in [0.717, 1.165) is 36.1 Å². The van der Waals surface area contributed by atoms with Crippen LogP contribution in [0.5, 0.6) is 0 Å². The lowest BCUT2D eigenvalue weighted by atomic mass is 9.91. The van der Waals surface area contributed by atoms with Crippen LogP contribution in [0.25, 0.3) is 0 Å². The van der Waals surface area contributed by atoms with Crippen molar-refractivity contribution in [3.8, 4) is 0 Å². The molecule has 3 atom stereocenters. The second-order valence-corrected chi connectivity index (χ2v) is 5.78. The topological polar surface area (TPSA) is 52.0 Å². The molecule has 3 heterocycles. The first-order chi connectivity index (χ1) is 9.12. The lowest BCUT2D eigenvalue weighted by molar-refractivity contribution is -0.154. The summed E-state index contributed by atoms with van der Waals surface area (Å²) in [5.74, 6) is 0.694. The van der Waals surface area contributed by atoms with Gasteiger partial charge in [-0.05, 0) is 32.3 Å². The molecule has 2 fully saturated rings. The summed E-state index contributed by atoms with van der Waals surface area (Å²) in [6, 6.07) is 0. The van der Waals surface area contributed by atoms with E-state index in [9.17, 15) is 4.79 Å². The quantitative estimate of drug-likeness (QED) is 0.409. The highest BCUT2D eigenvalue weighted by Gasteiger charge is 2.73. The standard InChI is InChI=1S/C15H16O4/c1-8-4-3-5-15-13(19-15)12(18-14(15)16)11-9(2)7-17-10(11)6-8/h4,7,12-13H,3,5-6H2,1-2H3/b8-4-/t12-,13+,15?/m0/s1. The molecule has 1 aromatic heterocycles. The lowest BCUT2D eigenvalue weighted by Crippen LogP contribution is -2.22. The van der Waals surface area contributed by atoms with Gasteiger partial charge in [0.25, 0.3) is 0 Å². The minimum Gasteiger partial charge on any atom is -0.468 e. The van der Waals surface area contributed by atoms with Crippen LogP contribution in [0.2, 0.25) is 0 Å². The second kappa shape index (κ2) is 3.51. The molecule has 0 spiro atoms. The van der Waals surface area contributed by atoms with Crippen LogP contribution in [0.15, 0.2) is 22.3 Å². The molecule has 19 heavy (non-hydrogen) atoms. The van der Waals surface area contributed by atoms with Crippen molar-refractivity contribution in [2.24, 2.45) is 0 Å². The van der Waals surface area contributed by atoms with Gasteiger partial charge in [-0.3, -0.25) is 0 Å². The Morgan fingerprint density at radius 3 is 3.00 bits per heavy atom. The van der Waals surface area contributed by atoms with Crippen molar-refractivity contribution in [2.45, 2.75) is 50.9 Å². The minimum atomic E-state index is -0.681. The number of esters is 1. The van der Waals surface area contributed by atoms with Gasteiger partial charge in [0.2, 0.25) is 0 Å². The number of furan rings is 1. The molecule has 1 unspecified atom stereocenters. The zero-order chi connectivity index (χ0) is 13.2. The van der Waals surface area contributed by atoms with E-state index in [1.54, 1.807) is 6.26 Å². The first-order valence-electron chi connectivity index (χ1n) is 6.73. The molecule has 2 bridgehead atoms. The predicted molar refractivity (Wildman–Crippen MR) is 66.6 cm³/mol. The van der Waals surface area contributed by atoms with Gasteiger partial charge < -0.3 is 13.9 Å². The molecule has 1 aromatic rings. The Bertz CT molecular complexity index is 597. The van der Waals surface area contributed by atoms with E-state index in [-0.39, 0.29) is 18.2 Å². The SMILES string of the molecule is C/C1=C/CCC23O[C@@H]2[C@@H](OC3=O)c2c(C)coc2C1. The maximum absolute atomic E-state index is 12.1. The summed E-state index contributed by atoms with van der Waals surface area (Å²) >= 11 is 0. The summed E-state index contributed by atoms with van der Waals surface area (Å²) in [6.07, 6.45) is 5.84. The van der Waals surface area contributed by atoms with E-state index in [2.05, 4.69) is 13.0 Å². The number of ether oxygens (including phenoxy) is 2. The van der Waals surface area contributed by atoms with Gasteiger partial charge in [0.1, 0.15) is 11.9 Å². The summed E-state index contributed by atoms with van der Waals surface area (Å²) in [6.45, 7) is 4.08. The molecule has 2 aliphatic heterocycles. The zero-order valence-corrected chi connectivity index (χ0v) is 11.1. The van der Waals surface area contributed by atoms with Crippen molar-refractivity contribution in [3.05, 3.63) is 34.8 Å². The van der Waals surface area contributed by atoms with E-state index in [0.29, 0.717) is 0 Å². The molecule has 1 aliphatic carbocycles. The zero-order valence-electron chi connectivity index (χ0n) is 11.1. The summed E-state index contributed by atoms with van der Waals surface area (Å²) in [5.41, 5.74) is 2.62. The summed E-state index contributed by atoms with van der Waals surface area (Å²) in [5, 5.41) is 0. The average Bonchev–Trinajstić information content (AvgIpc) is 2.91. The third-order valence-electron chi connectivity index (χ3n) is 4.43. The largest absolute Gasteiger partial charge is 0.468 e. The second-order valence-electron chi connectivity index (χ2n) is 5.78. The summed E-state index contributed by atoms with van der Waals surface area (Å²) < 4.78 is 16.9. The van der Waals surface area contributed by atoms with Gasteiger partial charge in [0.05, 0.1) is 6.26 Å². The molecule has 100 valence electrons. The number of rotatable bonds is 0. The van der Waals surface area contributed by atoms with E-state index in [1.807, 2.05) is 6.92 Å². The van der Waals surface area contributed by atoms with Crippen molar-refractivity contribution in [1.29, 1.82) is 0 Å². The Labute approximate surface area is 111 Å². The molecular formula is C15H16O4. The normalized spacial score (nSPS) is 38.8. The van der Waals surface area contributed by atoms with Crippen LogP contribution < -0.4 is 0 Å². The third-order valence-corrected chi connectivity index (χ3v) is 4.43. The van der Waals surface area contributed by atoms with Crippen LogP contribution in [0.4, 0.5) is 0 Å². The first-order valence-corrected chi connectivity index (χ1v) is 6.73. The smallest absolute Gasteiger partial charge is 0.342 e. The molecule has 0 N–H and O–H groups in total. The van der Waals surface area contributed by atoms with Crippen LogP contribution in [-0.4, -0.2) is 17.7 Å². The van der Waals surface area contributed by atoms with Gasteiger partial charge in [-0.1, -0.05) is 11.6 Å². The molecule has 2 saturated heterocycles. The molecular weight excluding hydrogens is 244 g/mol. The number of allylic oxidation sites excluding steroid dienone is 2. The van der Waals surface area contributed by atoms with E-state index in [1.165, 1.54) is 5.57 Å². The maximum atomic E-state index is 12.1. The van der Waals surface area contributed by atoms with Gasteiger partial charge in [-0.15, -0.1) is 0 Å². The number of hydrogen-bond donors (Lipinski definition) is 0. The van der Waals surface area contributed by atoms with E-state index < -0.39 is 5.60 Å². The first kappa shape index (κ1) is 11.3. The molecule has 0 aromatic carbocycles. The average molecular weight is 260 g/mol. The predicted octanol–water partition coefficient (Wildman–Crippen LogP) is 2.61. The lowest BCUT2D eigenvalue weighted by Gasteiger charge is -2.13. The number of epoxide rings is 1. The van der Waals surface area contributed by atoms with Gasteiger partial charge in [0.15, 0.2) is 11.7 Å². The third kappa shape index (κ3) is 1.40. The molecule has 0 saturated carbocycles. The maximum Gasteiger partial charge on any atom is 0.342 e. The van der Waals surface area contributed by atoms with Crippen molar-refractivity contribution in [3.63, 3.8) is 0 Å². The van der Waals surface area contributed by atoms with Crippen molar-refractivity contribution in [1.82, 2.24) is 0 Å². The highest BCUT2D eigenvalue weighted by Crippen LogP contribution is 2.57. The number of hydrogen-bond acceptors (Lipinski definition) is 4. The fourth-order valence-electron chi connectivity index (χ4n) is 3.34. The number of carbonyl (C=O) groups is 1. The van der Waals surface area contributed by atoms with E-state index in [4.69, 9.17) is 13.9 Å². The Kier molecular flexibility index (Phi) is 2.09. The summed E-state index contributed by atoms with van der Waals surface area (Å²) in [4.78, 5) is 12.1. The Balaban J connectivity index is 1.85. The number of fused-ring (bicyclic) bond motifs is 2. The van der Waals surface area contributed by atoms with Gasteiger partial charge in [-0.25, -0.2) is 4.79 Å². The molecule has 0 radical (unpaired) electrons. The molecule has 3 aliphatic rings. The summed E-state index contributed by atoms with van der Waals surface area (Å²) in [7, 11) is 0. The Hall–Kier alpha value is -1.55. The van der Waals surface area contributed by atoms with Gasteiger partial charge in [0, 0.05) is 12.0 Å².